The van der Waals surface area contributed by atoms with Gasteiger partial charge in [0.15, 0.2) is 5.79 Å². The topological polar surface area (TPSA) is 61.8 Å². The van der Waals surface area contributed by atoms with Gasteiger partial charge in [-0.05, 0) is 33.1 Å². The van der Waals surface area contributed by atoms with Gasteiger partial charge in [-0.2, -0.15) is 8.42 Å². The molecular weight excluding hydrogens is 232 g/mol. The van der Waals surface area contributed by atoms with Crippen molar-refractivity contribution in [2.45, 2.75) is 49.7 Å². The molecule has 2 fully saturated rings. The summed E-state index contributed by atoms with van der Waals surface area (Å²) in [6, 6.07) is 0. The highest BCUT2D eigenvalue weighted by Gasteiger charge is 2.57. The standard InChI is InChI=1S/C10H18O5S/c1-9(2)14-7-8(15-9)6-10(4-5-10)16(11,12)13-3/h8H,4-7H2,1-3H3/t8-/m0/s1. The van der Waals surface area contributed by atoms with E-state index in [-0.39, 0.29) is 6.10 Å². The summed E-state index contributed by atoms with van der Waals surface area (Å²) >= 11 is 0. The maximum absolute atomic E-state index is 11.7. The molecule has 2 aliphatic rings. The maximum atomic E-state index is 11.7. The molecule has 0 radical (unpaired) electrons. The Balaban J connectivity index is 2.01. The Morgan fingerprint density at radius 3 is 2.38 bits per heavy atom. The zero-order chi connectivity index (χ0) is 12.0. The zero-order valence-corrected chi connectivity index (χ0v) is 10.7. The molecule has 0 amide bonds. The largest absolute Gasteiger partial charge is 0.348 e. The van der Waals surface area contributed by atoms with Crippen LogP contribution >= 0.6 is 0 Å². The number of rotatable bonds is 4. The molecule has 0 unspecified atom stereocenters. The molecule has 1 saturated heterocycles. The Labute approximate surface area is 96.2 Å². The van der Waals surface area contributed by atoms with Crippen molar-refractivity contribution < 1.29 is 22.1 Å². The molecule has 0 aromatic heterocycles. The third-order valence-corrected chi connectivity index (χ3v) is 5.30. The fourth-order valence-electron chi connectivity index (χ4n) is 2.15. The van der Waals surface area contributed by atoms with Gasteiger partial charge < -0.3 is 9.47 Å². The van der Waals surface area contributed by atoms with Gasteiger partial charge >= 0.3 is 0 Å². The van der Waals surface area contributed by atoms with Crippen LogP contribution in [0.15, 0.2) is 0 Å². The average Bonchev–Trinajstić information content (AvgIpc) is 2.88. The third-order valence-electron chi connectivity index (χ3n) is 3.22. The van der Waals surface area contributed by atoms with Gasteiger partial charge in [0.1, 0.15) is 4.75 Å². The molecule has 1 aliphatic heterocycles. The zero-order valence-electron chi connectivity index (χ0n) is 9.86. The fraction of sp³-hybridized carbons (Fsp3) is 1.00. The summed E-state index contributed by atoms with van der Waals surface area (Å²) in [6.45, 7) is 4.11. The molecule has 1 atom stereocenters. The predicted molar refractivity (Wildman–Crippen MR) is 57.4 cm³/mol. The van der Waals surface area contributed by atoms with Crippen LogP contribution in [0.25, 0.3) is 0 Å². The highest BCUT2D eigenvalue weighted by atomic mass is 32.2. The van der Waals surface area contributed by atoms with E-state index in [1.165, 1.54) is 7.11 Å². The quantitative estimate of drug-likeness (QED) is 0.698. The average molecular weight is 250 g/mol. The summed E-state index contributed by atoms with van der Waals surface area (Å²) in [5, 5.41) is 0. The Bertz CT molecular complexity index is 369. The van der Waals surface area contributed by atoms with Crippen LogP contribution in [0.3, 0.4) is 0 Å². The first-order valence-corrected chi connectivity index (χ1v) is 6.83. The molecule has 94 valence electrons. The van der Waals surface area contributed by atoms with Crippen molar-refractivity contribution in [3.05, 3.63) is 0 Å². The van der Waals surface area contributed by atoms with Crippen LogP contribution < -0.4 is 0 Å². The van der Waals surface area contributed by atoms with E-state index >= 15 is 0 Å². The number of hydrogen-bond donors (Lipinski definition) is 0. The molecule has 2 rings (SSSR count). The van der Waals surface area contributed by atoms with E-state index in [1.54, 1.807) is 0 Å². The van der Waals surface area contributed by atoms with Gasteiger partial charge in [-0.3, -0.25) is 4.18 Å². The molecule has 6 heteroatoms. The highest BCUT2D eigenvalue weighted by Crippen LogP contribution is 2.49. The van der Waals surface area contributed by atoms with Crippen molar-refractivity contribution in [2.75, 3.05) is 13.7 Å². The first-order chi connectivity index (χ1) is 7.30. The molecule has 0 spiro atoms. The molecule has 16 heavy (non-hydrogen) atoms. The summed E-state index contributed by atoms with van der Waals surface area (Å²) in [5.41, 5.74) is 0. The lowest BCUT2D eigenvalue weighted by Crippen LogP contribution is -2.31. The van der Waals surface area contributed by atoms with Gasteiger partial charge in [-0.15, -0.1) is 0 Å². The van der Waals surface area contributed by atoms with Crippen molar-refractivity contribution in [1.82, 2.24) is 0 Å². The van der Waals surface area contributed by atoms with E-state index in [1.807, 2.05) is 13.8 Å². The second-order valence-electron chi connectivity index (χ2n) is 4.96. The second-order valence-corrected chi connectivity index (χ2v) is 7.07. The first kappa shape index (κ1) is 12.3. The SMILES string of the molecule is COS(=O)(=O)C1(C[C@H]2COC(C)(C)O2)CC1. The monoisotopic (exact) mass is 250 g/mol. The van der Waals surface area contributed by atoms with Crippen molar-refractivity contribution in [2.24, 2.45) is 0 Å². The Morgan fingerprint density at radius 2 is 2.00 bits per heavy atom. The minimum absolute atomic E-state index is 0.151. The summed E-state index contributed by atoms with van der Waals surface area (Å²) < 4.78 is 38.3. The van der Waals surface area contributed by atoms with Crippen LogP contribution in [-0.2, 0) is 23.8 Å². The van der Waals surface area contributed by atoms with E-state index in [0.717, 1.165) is 0 Å². The normalized spacial score (nSPS) is 31.6. The van der Waals surface area contributed by atoms with Crippen molar-refractivity contribution >= 4 is 10.1 Å². The van der Waals surface area contributed by atoms with Gasteiger partial charge in [0, 0.05) is 0 Å². The molecule has 0 aromatic carbocycles. The fourth-order valence-corrected chi connectivity index (χ4v) is 3.50. The molecular formula is C10H18O5S. The minimum Gasteiger partial charge on any atom is -0.348 e. The lowest BCUT2D eigenvalue weighted by molar-refractivity contribution is -0.139. The molecule has 0 N–H and O–H groups in total. The van der Waals surface area contributed by atoms with E-state index < -0.39 is 20.7 Å². The van der Waals surface area contributed by atoms with Crippen LogP contribution in [0.2, 0.25) is 0 Å². The minimum atomic E-state index is -3.45. The summed E-state index contributed by atoms with van der Waals surface area (Å²) in [6.07, 6.45) is 1.63. The van der Waals surface area contributed by atoms with Crippen molar-refractivity contribution in [1.29, 1.82) is 0 Å². The predicted octanol–water partition coefficient (Wildman–Crippen LogP) is 1.04. The van der Waals surface area contributed by atoms with Gasteiger partial charge in [0.25, 0.3) is 10.1 Å². The third kappa shape index (κ3) is 2.11. The van der Waals surface area contributed by atoms with E-state index in [0.29, 0.717) is 25.9 Å². The lowest BCUT2D eigenvalue weighted by Gasteiger charge is -2.20. The van der Waals surface area contributed by atoms with Crippen LogP contribution in [0.1, 0.15) is 33.1 Å². The van der Waals surface area contributed by atoms with E-state index in [9.17, 15) is 8.42 Å². The number of hydrogen-bond acceptors (Lipinski definition) is 5. The van der Waals surface area contributed by atoms with Crippen LogP contribution in [0.4, 0.5) is 0 Å². The smallest absolute Gasteiger partial charge is 0.272 e. The number of ether oxygens (including phenoxy) is 2. The van der Waals surface area contributed by atoms with Gasteiger partial charge in [0.2, 0.25) is 0 Å². The van der Waals surface area contributed by atoms with Crippen LogP contribution in [0, 0.1) is 0 Å². The van der Waals surface area contributed by atoms with Crippen molar-refractivity contribution in [3.8, 4) is 0 Å². The lowest BCUT2D eigenvalue weighted by atomic mass is 10.2. The molecule has 0 aromatic rings. The van der Waals surface area contributed by atoms with E-state index in [4.69, 9.17) is 9.47 Å². The Kier molecular flexibility index (Phi) is 2.81. The second kappa shape index (κ2) is 3.66. The molecule has 0 bridgehead atoms. The van der Waals surface area contributed by atoms with Gasteiger partial charge in [-0.25, -0.2) is 0 Å². The Hall–Kier alpha value is -0.170. The van der Waals surface area contributed by atoms with Crippen LogP contribution in [-0.4, -0.2) is 38.8 Å². The van der Waals surface area contributed by atoms with Crippen LogP contribution in [0.5, 0.6) is 0 Å². The van der Waals surface area contributed by atoms with E-state index in [2.05, 4.69) is 4.18 Å². The molecule has 1 heterocycles. The molecule has 1 aliphatic carbocycles. The summed E-state index contributed by atoms with van der Waals surface area (Å²) in [7, 11) is -2.23. The summed E-state index contributed by atoms with van der Waals surface area (Å²) in [4.78, 5) is 0. The maximum Gasteiger partial charge on any atom is 0.272 e. The summed E-state index contributed by atoms with van der Waals surface area (Å²) in [5.74, 6) is -0.600. The van der Waals surface area contributed by atoms with Gasteiger partial charge in [-0.1, -0.05) is 0 Å². The van der Waals surface area contributed by atoms with Crippen molar-refractivity contribution in [3.63, 3.8) is 0 Å². The first-order valence-electron chi connectivity index (χ1n) is 5.42. The molecule has 1 saturated carbocycles. The highest BCUT2D eigenvalue weighted by molar-refractivity contribution is 7.88. The van der Waals surface area contributed by atoms with Gasteiger partial charge in [0.05, 0.1) is 19.8 Å². The molecule has 5 nitrogen and oxygen atoms in total. The Morgan fingerprint density at radius 1 is 1.38 bits per heavy atom.